The molecule has 0 fully saturated rings. The second kappa shape index (κ2) is 12.1. The molecule has 1 aromatic heterocycles. The van der Waals surface area contributed by atoms with Gasteiger partial charge < -0.3 is 9.32 Å². The van der Waals surface area contributed by atoms with Crippen molar-refractivity contribution in [2.45, 2.75) is 19.3 Å². The molecule has 0 amide bonds. The Balaban J connectivity index is 1.04. The lowest BCUT2D eigenvalue weighted by Crippen LogP contribution is -2.14. The lowest BCUT2D eigenvalue weighted by molar-refractivity contribution is 0.660. The van der Waals surface area contributed by atoms with Gasteiger partial charge in [0.2, 0.25) is 0 Å². The topological polar surface area (TPSA) is 16.4 Å². The van der Waals surface area contributed by atoms with Crippen molar-refractivity contribution in [2.75, 3.05) is 4.90 Å². The quantitative estimate of drug-likeness (QED) is 0.177. The van der Waals surface area contributed by atoms with Gasteiger partial charge >= 0.3 is 0 Å². The van der Waals surface area contributed by atoms with E-state index in [-0.39, 0.29) is 5.41 Å². The van der Waals surface area contributed by atoms with E-state index in [1.54, 1.807) is 0 Å². The largest absolute Gasteiger partial charge is 0.455 e. The van der Waals surface area contributed by atoms with E-state index in [9.17, 15) is 0 Å². The molecule has 0 N–H and O–H groups in total. The molecule has 1 aliphatic rings. The van der Waals surface area contributed by atoms with E-state index in [2.05, 4.69) is 207 Å². The summed E-state index contributed by atoms with van der Waals surface area (Å²) in [5.41, 5.74) is 15.3. The van der Waals surface area contributed by atoms with Crippen LogP contribution in [-0.4, -0.2) is 0 Å². The minimum absolute atomic E-state index is 0.0680. The SMILES string of the molecule is CC1(C)c2ccccc2-c2ccc(-c3cc4c5ccc(N(c6ccccc6)c6ccc(-c7cccc8ccccc78)cc6)cc5oc4c4ccccc34)cc21. The Morgan fingerprint density at radius 3 is 1.87 bits per heavy atom. The standard InChI is InChI=1S/C53H37NO/c1-53(2)49-22-11-10-19-43(49)44-29-25-36(31-50(44)53)47-33-48-45-30-28-39(32-51(45)55-52(48)46-20-9-8-18-42(46)47)54(37-15-4-3-5-16-37)38-26-23-35(24-27-38)41-21-12-14-34-13-6-7-17-40(34)41/h3-33H,1-2H3. The zero-order valence-electron chi connectivity index (χ0n) is 30.8. The second-order valence-corrected chi connectivity index (χ2v) is 15.3. The summed E-state index contributed by atoms with van der Waals surface area (Å²) in [6.07, 6.45) is 0. The fraction of sp³-hybridized carbons (Fsp3) is 0.0566. The molecule has 55 heavy (non-hydrogen) atoms. The van der Waals surface area contributed by atoms with Gasteiger partial charge in [-0.3, -0.25) is 0 Å². The van der Waals surface area contributed by atoms with Gasteiger partial charge in [-0.2, -0.15) is 0 Å². The maximum Gasteiger partial charge on any atom is 0.143 e. The molecule has 0 atom stereocenters. The summed E-state index contributed by atoms with van der Waals surface area (Å²) >= 11 is 0. The highest BCUT2D eigenvalue weighted by molar-refractivity contribution is 6.19. The molecule has 260 valence electrons. The number of hydrogen-bond donors (Lipinski definition) is 0. The number of anilines is 3. The Labute approximate surface area is 320 Å². The lowest BCUT2D eigenvalue weighted by atomic mass is 9.81. The molecular formula is C53H37NO. The first-order chi connectivity index (χ1) is 27.0. The van der Waals surface area contributed by atoms with Crippen LogP contribution in [0.2, 0.25) is 0 Å². The molecule has 0 saturated carbocycles. The van der Waals surface area contributed by atoms with E-state index >= 15 is 0 Å². The Bertz CT molecular complexity index is 3110. The summed E-state index contributed by atoms with van der Waals surface area (Å²) in [6, 6.07) is 68.2. The summed E-state index contributed by atoms with van der Waals surface area (Å²) in [5.74, 6) is 0. The highest BCUT2D eigenvalue weighted by Crippen LogP contribution is 2.50. The van der Waals surface area contributed by atoms with Crippen LogP contribution in [0, 0.1) is 0 Å². The summed E-state index contributed by atoms with van der Waals surface area (Å²) < 4.78 is 6.86. The van der Waals surface area contributed by atoms with Crippen LogP contribution in [0.5, 0.6) is 0 Å². The van der Waals surface area contributed by atoms with Crippen LogP contribution < -0.4 is 4.90 Å². The smallest absolute Gasteiger partial charge is 0.143 e. The van der Waals surface area contributed by atoms with Crippen molar-refractivity contribution in [3.8, 4) is 33.4 Å². The van der Waals surface area contributed by atoms with Crippen molar-refractivity contribution >= 4 is 60.5 Å². The minimum Gasteiger partial charge on any atom is -0.455 e. The fourth-order valence-corrected chi connectivity index (χ4v) is 9.13. The number of rotatable bonds is 5. The van der Waals surface area contributed by atoms with Crippen LogP contribution in [0.15, 0.2) is 192 Å². The van der Waals surface area contributed by atoms with Crippen molar-refractivity contribution in [1.29, 1.82) is 0 Å². The van der Waals surface area contributed by atoms with Crippen LogP contribution in [0.1, 0.15) is 25.0 Å². The fourth-order valence-electron chi connectivity index (χ4n) is 9.13. The summed E-state index contributed by atoms with van der Waals surface area (Å²) in [4.78, 5) is 2.31. The van der Waals surface area contributed by atoms with Gasteiger partial charge in [-0.1, -0.05) is 147 Å². The van der Waals surface area contributed by atoms with Crippen molar-refractivity contribution in [3.05, 3.63) is 199 Å². The molecule has 1 heterocycles. The van der Waals surface area contributed by atoms with Crippen LogP contribution >= 0.6 is 0 Å². The first-order valence-corrected chi connectivity index (χ1v) is 19.1. The molecule has 0 aliphatic heterocycles. The van der Waals surface area contributed by atoms with Gasteiger partial charge in [0.25, 0.3) is 0 Å². The second-order valence-electron chi connectivity index (χ2n) is 15.3. The van der Waals surface area contributed by atoms with Gasteiger partial charge in [0, 0.05) is 44.7 Å². The predicted molar refractivity (Wildman–Crippen MR) is 232 cm³/mol. The number of hydrogen-bond acceptors (Lipinski definition) is 2. The molecule has 0 bridgehead atoms. The monoisotopic (exact) mass is 703 g/mol. The zero-order valence-corrected chi connectivity index (χ0v) is 30.8. The molecule has 11 rings (SSSR count). The summed E-state index contributed by atoms with van der Waals surface area (Å²) in [7, 11) is 0. The van der Waals surface area contributed by atoms with Crippen LogP contribution in [0.3, 0.4) is 0 Å². The number of nitrogens with zero attached hydrogens (tertiary/aromatic N) is 1. The molecule has 9 aromatic carbocycles. The Morgan fingerprint density at radius 1 is 0.382 bits per heavy atom. The van der Waals surface area contributed by atoms with Crippen molar-refractivity contribution in [2.24, 2.45) is 0 Å². The van der Waals surface area contributed by atoms with Gasteiger partial charge in [0.05, 0.1) is 0 Å². The Hall–Kier alpha value is -6.90. The van der Waals surface area contributed by atoms with Crippen LogP contribution in [-0.2, 0) is 5.41 Å². The van der Waals surface area contributed by atoms with Crippen LogP contribution in [0.4, 0.5) is 17.1 Å². The van der Waals surface area contributed by atoms with Gasteiger partial charge in [0.1, 0.15) is 11.2 Å². The maximum absolute atomic E-state index is 6.86. The molecular weight excluding hydrogens is 667 g/mol. The van der Waals surface area contributed by atoms with Crippen molar-refractivity contribution < 1.29 is 4.42 Å². The van der Waals surface area contributed by atoms with Gasteiger partial charge in [0.15, 0.2) is 0 Å². The van der Waals surface area contributed by atoms with E-state index in [0.29, 0.717) is 0 Å². The zero-order chi connectivity index (χ0) is 36.7. The summed E-state index contributed by atoms with van der Waals surface area (Å²) in [6.45, 7) is 4.70. The summed E-state index contributed by atoms with van der Waals surface area (Å²) in [5, 5.41) is 7.06. The lowest BCUT2D eigenvalue weighted by Gasteiger charge is -2.25. The predicted octanol–water partition coefficient (Wildman–Crippen LogP) is 15.0. The third kappa shape index (κ3) is 4.88. The first-order valence-electron chi connectivity index (χ1n) is 19.1. The van der Waals surface area contributed by atoms with Gasteiger partial charge in [-0.05, 0) is 109 Å². The van der Waals surface area contributed by atoms with Crippen molar-refractivity contribution in [1.82, 2.24) is 0 Å². The number of para-hydroxylation sites is 1. The molecule has 2 nitrogen and oxygen atoms in total. The highest BCUT2D eigenvalue weighted by Gasteiger charge is 2.35. The normalized spacial score (nSPS) is 13.1. The molecule has 0 saturated heterocycles. The molecule has 0 unspecified atom stereocenters. The highest BCUT2D eigenvalue weighted by atomic mass is 16.3. The number of benzene rings is 9. The molecule has 0 spiro atoms. The number of fused-ring (bicyclic) bond motifs is 9. The van der Waals surface area contributed by atoms with E-state index in [1.165, 1.54) is 60.7 Å². The maximum atomic E-state index is 6.86. The van der Waals surface area contributed by atoms with E-state index in [4.69, 9.17) is 4.42 Å². The average molecular weight is 704 g/mol. The third-order valence-electron chi connectivity index (χ3n) is 11.9. The van der Waals surface area contributed by atoms with Gasteiger partial charge in [-0.25, -0.2) is 0 Å². The molecule has 0 radical (unpaired) electrons. The first kappa shape index (κ1) is 31.6. The Morgan fingerprint density at radius 2 is 1.02 bits per heavy atom. The van der Waals surface area contributed by atoms with E-state index < -0.39 is 0 Å². The minimum atomic E-state index is -0.0680. The third-order valence-corrected chi connectivity index (χ3v) is 11.9. The van der Waals surface area contributed by atoms with Crippen molar-refractivity contribution in [3.63, 3.8) is 0 Å². The van der Waals surface area contributed by atoms with Crippen LogP contribution in [0.25, 0.3) is 76.9 Å². The van der Waals surface area contributed by atoms with E-state index in [1.807, 2.05) is 0 Å². The Kier molecular flexibility index (Phi) is 6.93. The molecule has 2 heteroatoms. The van der Waals surface area contributed by atoms with Gasteiger partial charge in [-0.15, -0.1) is 0 Å². The average Bonchev–Trinajstić information content (AvgIpc) is 3.72. The molecule has 10 aromatic rings. The van der Waals surface area contributed by atoms with E-state index in [0.717, 1.165) is 44.4 Å². The molecule has 1 aliphatic carbocycles. The number of furan rings is 1.